The van der Waals surface area contributed by atoms with Crippen LogP contribution in [0.2, 0.25) is 0 Å². The van der Waals surface area contributed by atoms with Gasteiger partial charge in [0, 0.05) is 33.7 Å². The van der Waals surface area contributed by atoms with Gasteiger partial charge in [-0.05, 0) is 56.7 Å². The van der Waals surface area contributed by atoms with Crippen molar-refractivity contribution in [3.63, 3.8) is 0 Å². The van der Waals surface area contributed by atoms with Crippen molar-refractivity contribution in [2.45, 2.75) is 38.1 Å². The summed E-state index contributed by atoms with van der Waals surface area (Å²) < 4.78 is 0. The van der Waals surface area contributed by atoms with Gasteiger partial charge in [-0.1, -0.05) is 30.3 Å². The van der Waals surface area contributed by atoms with E-state index < -0.39 is 0 Å². The number of rotatable bonds is 4. The summed E-state index contributed by atoms with van der Waals surface area (Å²) >= 11 is 0. The van der Waals surface area contributed by atoms with Crippen molar-refractivity contribution < 1.29 is 9.59 Å². The second kappa shape index (κ2) is 8.95. The van der Waals surface area contributed by atoms with Gasteiger partial charge in [0.15, 0.2) is 0 Å². The number of hydrogen-bond acceptors (Lipinski definition) is 3. The third kappa shape index (κ3) is 4.49. The zero-order valence-corrected chi connectivity index (χ0v) is 17.5. The molecular formula is C22H34N4O2. The summed E-state index contributed by atoms with van der Waals surface area (Å²) in [4.78, 5) is 31.3. The van der Waals surface area contributed by atoms with Crippen LogP contribution in [0.1, 0.15) is 31.2 Å². The summed E-state index contributed by atoms with van der Waals surface area (Å²) in [6.07, 6.45) is 4.83. The average Bonchev–Trinajstić information content (AvgIpc) is 2.69. The topological polar surface area (TPSA) is 55.9 Å². The molecule has 1 unspecified atom stereocenters. The molecule has 1 atom stereocenters. The smallest absolute Gasteiger partial charge is 0.317 e. The van der Waals surface area contributed by atoms with Gasteiger partial charge in [0.1, 0.15) is 0 Å². The number of nitrogens with one attached hydrogen (secondary N) is 1. The molecule has 1 spiro atoms. The SMILES string of the molecule is CN(C)C(=O)C1N(C)CCCC12CCN(C(=O)NCCc1ccccc1)CC2. The summed E-state index contributed by atoms with van der Waals surface area (Å²) in [5.74, 6) is 0.197. The molecule has 154 valence electrons. The minimum Gasteiger partial charge on any atom is -0.347 e. The Morgan fingerprint density at radius 2 is 1.79 bits per heavy atom. The molecule has 0 bridgehead atoms. The summed E-state index contributed by atoms with van der Waals surface area (Å²) in [7, 11) is 5.75. The first-order valence-corrected chi connectivity index (χ1v) is 10.4. The predicted octanol–water partition coefficient (Wildman–Crippen LogP) is 2.20. The molecule has 2 saturated heterocycles. The molecule has 0 radical (unpaired) electrons. The predicted molar refractivity (Wildman–Crippen MR) is 111 cm³/mol. The normalized spacial score (nSPS) is 22.1. The van der Waals surface area contributed by atoms with Crippen LogP contribution in [0.25, 0.3) is 0 Å². The summed E-state index contributed by atoms with van der Waals surface area (Å²) in [6, 6.07) is 10.2. The standard InChI is InChI=1S/C22H34N4O2/c1-24(2)20(27)19-22(11-7-15-25(19)3)12-16-26(17-13-22)21(28)23-14-10-18-8-5-4-6-9-18/h4-6,8-9,19H,7,10-17H2,1-3H3,(H,23,28). The van der Waals surface area contributed by atoms with Crippen LogP contribution >= 0.6 is 0 Å². The number of piperidine rings is 2. The number of carbonyl (C=O) groups excluding carboxylic acids is 2. The fraction of sp³-hybridized carbons (Fsp3) is 0.636. The number of amides is 3. The Kier molecular flexibility index (Phi) is 6.60. The first-order chi connectivity index (χ1) is 13.4. The second-order valence-electron chi connectivity index (χ2n) is 8.54. The van der Waals surface area contributed by atoms with E-state index in [4.69, 9.17) is 0 Å². The minimum absolute atomic E-state index is 0.00479. The van der Waals surface area contributed by atoms with Gasteiger partial charge in [0.05, 0.1) is 6.04 Å². The van der Waals surface area contributed by atoms with Crippen molar-refractivity contribution in [3.05, 3.63) is 35.9 Å². The molecule has 0 aromatic heterocycles. The van der Waals surface area contributed by atoms with Crippen molar-refractivity contribution in [1.82, 2.24) is 20.0 Å². The van der Waals surface area contributed by atoms with Crippen molar-refractivity contribution in [2.24, 2.45) is 5.41 Å². The highest BCUT2D eigenvalue weighted by molar-refractivity contribution is 5.82. The van der Waals surface area contributed by atoms with Crippen LogP contribution < -0.4 is 5.32 Å². The number of urea groups is 1. The van der Waals surface area contributed by atoms with Crippen LogP contribution in [-0.4, -0.2) is 80.0 Å². The second-order valence-corrected chi connectivity index (χ2v) is 8.54. The van der Waals surface area contributed by atoms with E-state index in [0.29, 0.717) is 6.54 Å². The highest BCUT2D eigenvalue weighted by Gasteiger charge is 2.49. The molecule has 2 heterocycles. The maximum Gasteiger partial charge on any atom is 0.317 e. The van der Waals surface area contributed by atoms with E-state index >= 15 is 0 Å². The quantitative estimate of drug-likeness (QED) is 0.863. The molecule has 1 aromatic rings. The van der Waals surface area contributed by atoms with Crippen molar-refractivity contribution >= 4 is 11.9 Å². The lowest BCUT2D eigenvalue weighted by Crippen LogP contribution is -2.61. The molecular weight excluding hydrogens is 352 g/mol. The number of nitrogens with zero attached hydrogens (tertiary/aromatic N) is 3. The zero-order chi connectivity index (χ0) is 20.1. The van der Waals surface area contributed by atoms with Crippen LogP contribution in [0, 0.1) is 5.41 Å². The highest BCUT2D eigenvalue weighted by atomic mass is 16.2. The van der Waals surface area contributed by atoms with Crippen molar-refractivity contribution in [3.8, 4) is 0 Å². The summed E-state index contributed by atoms with van der Waals surface area (Å²) in [5.41, 5.74) is 1.23. The summed E-state index contributed by atoms with van der Waals surface area (Å²) in [5, 5.41) is 3.05. The van der Waals surface area contributed by atoms with Gasteiger partial charge in [-0.3, -0.25) is 9.69 Å². The van der Waals surface area contributed by atoms with Crippen molar-refractivity contribution in [2.75, 3.05) is 47.3 Å². The molecule has 2 fully saturated rings. The van der Waals surface area contributed by atoms with E-state index in [1.165, 1.54) is 5.56 Å². The van der Waals surface area contributed by atoms with E-state index in [-0.39, 0.29) is 23.4 Å². The lowest BCUT2D eigenvalue weighted by molar-refractivity contribution is -0.144. The number of likely N-dealkylation sites (N-methyl/N-ethyl adjacent to an activating group) is 2. The Hall–Kier alpha value is -2.08. The molecule has 0 saturated carbocycles. The Morgan fingerprint density at radius 3 is 2.43 bits per heavy atom. The van der Waals surface area contributed by atoms with E-state index in [1.807, 2.05) is 37.2 Å². The van der Waals surface area contributed by atoms with Crippen molar-refractivity contribution in [1.29, 1.82) is 0 Å². The van der Waals surface area contributed by atoms with E-state index in [2.05, 4.69) is 29.4 Å². The molecule has 0 aliphatic carbocycles. The zero-order valence-electron chi connectivity index (χ0n) is 17.5. The molecule has 3 rings (SSSR count). The highest BCUT2D eigenvalue weighted by Crippen LogP contribution is 2.44. The molecule has 1 N–H and O–H groups in total. The maximum absolute atomic E-state index is 12.9. The molecule has 6 heteroatoms. The Balaban J connectivity index is 1.54. The monoisotopic (exact) mass is 386 g/mol. The van der Waals surface area contributed by atoms with E-state index in [1.54, 1.807) is 4.90 Å². The fourth-order valence-electron chi connectivity index (χ4n) is 4.86. The first-order valence-electron chi connectivity index (χ1n) is 10.4. The van der Waals surface area contributed by atoms with Gasteiger partial charge in [0.25, 0.3) is 0 Å². The Morgan fingerprint density at radius 1 is 1.11 bits per heavy atom. The first kappa shape index (κ1) is 20.6. The summed E-state index contributed by atoms with van der Waals surface area (Å²) in [6.45, 7) is 3.06. The van der Waals surface area contributed by atoms with Gasteiger partial charge >= 0.3 is 6.03 Å². The Bertz CT molecular complexity index is 668. The molecule has 6 nitrogen and oxygen atoms in total. The molecule has 2 aliphatic heterocycles. The number of benzene rings is 1. The van der Waals surface area contributed by atoms with Gasteiger partial charge < -0.3 is 15.1 Å². The fourth-order valence-corrected chi connectivity index (χ4v) is 4.86. The lowest BCUT2D eigenvalue weighted by Gasteiger charge is -2.52. The number of hydrogen-bond donors (Lipinski definition) is 1. The van der Waals surface area contributed by atoms with E-state index in [9.17, 15) is 9.59 Å². The third-order valence-corrected chi connectivity index (χ3v) is 6.46. The maximum atomic E-state index is 12.9. The minimum atomic E-state index is -0.0699. The molecule has 1 aromatic carbocycles. The van der Waals surface area contributed by atoms with Crippen LogP contribution in [0.3, 0.4) is 0 Å². The van der Waals surface area contributed by atoms with Gasteiger partial charge in [-0.25, -0.2) is 4.79 Å². The molecule has 2 aliphatic rings. The van der Waals surface area contributed by atoms with Crippen LogP contribution in [0.4, 0.5) is 4.79 Å². The molecule has 28 heavy (non-hydrogen) atoms. The third-order valence-electron chi connectivity index (χ3n) is 6.46. The van der Waals surface area contributed by atoms with Crippen LogP contribution in [0.15, 0.2) is 30.3 Å². The molecule has 3 amide bonds. The van der Waals surface area contributed by atoms with Gasteiger partial charge in [-0.15, -0.1) is 0 Å². The largest absolute Gasteiger partial charge is 0.347 e. The van der Waals surface area contributed by atoms with Crippen LogP contribution in [0.5, 0.6) is 0 Å². The number of carbonyl (C=O) groups is 2. The lowest BCUT2D eigenvalue weighted by atomic mass is 9.66. The van der Waals surface area contributed by atoms with Crippen LogP contribution in [-0.2, 0) is 11.2 Å². The number of likely N-dealkylation sites (tertiary alicyclic amines) is 2. The average molecular weight is 387 g/mol. The van der Waals surface area contributed by atoms with Gasteiger partial charge in [-0.2, -0.15) is 0 Å². The van der Waals surface area contributed by atoms with E-state index in [0.717, 1.165) is 51.7 Å². The Labute approximate surface area is 168 Å². The van der Waals surface area contributed by atoms with Gasteiger partial charge in [0.2, 0.25) is 5.91 Å².